The fraction of sp³-hybridized carbons (Fsp3) is 0.444. The lowest BCUT2D eigenvalue weighted by atomic mass is 9.91. The van der Waals surface area contributed by atoms with Crippen molar-refractivity contribution in [2.45, 2.75) is 64.4 Å². The van der Waals surface area contributed by atoms with Crippen molar-refractivity contribution in [3.8, 4) is 5.75 Å². The van der Waals surface area contributed by atoms with Crippen LogP contribution < -0.4 is 16.0 Å². The number of carbonyl (C=O) groups excluding carboxylic acids is 4. The maximum absolute atomic E-state index is 14.6. The molecule has 0 radical (unpaired) electrons. The number of pyridine rings is 1. The smallest absolute Gasteiger partial charge is 0.312 e. The van der Waals surface area contributed by atoms with Crippen LogP contribution in [-0.4, -0.2) is 69.2 Å². The lowest BCUT2D eigenvalue weighted by molar-refractivity contribution is -0.166. The Morgan fingerprint density at radius 1 is 1.00 bits per heavy atom. The molecule has 3 amide bonds. The van der Waals surface area contributed by atoms with Crippen molar-refractivity contribution >= 4 is 23.7 Å². The molecule has 1 saturated heterocycles. The third-order valence-electron chi connectivity index (χ3n) is 6.90. The van der Waals surface area contributed by atoms with Crippen LogP contribution in [0.2, 0.25) is 0 Å². The van der Waals surface area contributed by atoms with Crippen LogP contribution in [0.4, 0.5) is 22.0 Å². The van der Waals surface area contributed by atoms with Crippen LogP contribution in [-0.2, 0) is 25.5 Å². The van der Waals surface area contributed by atoms with Gasteiger partial charge < -0.3 is 30.9 Å². The van der Waals surface area contributed by atoms with Crippen LogP contribution in [0, 0.1) is 40.9 Å². The number of amides is 3. The highest BCUT2D eigenvalue weighted by Gasteiger charge is 2.41. The molecule has 43 heavy (non-hydrogen) atoms. The number of hydrogen-bond acceptors (Lipinski definition) is 8. The second-order valence-corrected chi connectivity index (χ2v) is 10.4. The first-order valence-electron chi connectivity index (χ1n) is 13.0. The quantitative estimate of drug-likeness (QED) is 0.146. The predicted octanol–water partition coefficient (Wildman–Crippen LogP) is 1.39. The Morgan fingerprint density at radius 3 is 2.14 bits per heavy atom. The molecule has 6 atom stereocenters. The molecular formula is C27H29F5N4O7. The summed E-state index contributed by atoms with van der Waals surface area (Å²) in [7, 11) is 0. The average molecular weight is 617 g/mol. The van der Waals surface area contributed by atoms with Crippen molar-refractivity contribution in [1.82, 2.24) is 20.9 Å². The summed E-state index contributed by atoms with van der Waals surface area (Å²) in [5, 5.41) is 27.9. The van der Waals surface area contributed by atoms with Gasteiger partial charge in [-0.2, -0.15) is 0 Å². The van der Waals surface area contributed by atoms with Crippen LogP contribution in [0.15, 0.2) is 18.3 Å². The molecule has 0 bridgehead atoms. The topological polar surface area (TPSA) is 167 Å². The lowest BCUT2D eigenvalue weighted by Crippen LogP contribution is -2.62. The van der Waals surface area contributed by atoms with Gasteiger partial charge in [0.2, 0.25) is 11.7 Å². The van der Waals surface area contributed by atoms with Gasteiger partial charge in [0.1, 0.15) is 11.8 Å². The summed E-state index contributed by atoms with van der Waals surface area (Å²) in [4.78, 5) is 56.1. The van der Waals surface area contributed by atoms with Gasteiger partial charge in [0.05, 0.1) is 24.1 Å². The monoisotopic (exact) mass is 616 g/mol. The molecule has 0 spiro atoms. The summed E-state index contributed by atoms with van der Waals surface area (Å²) in [6, 6.07) is -2.48. The van der Waals surface area contributed by atoms with Crippen LogP contribution >= 0.6 is 0 Å². The fourth-order valence-corrected chi connectivity index (χ4v) is 4.38. The minimum Gasteiger partial charge on any atom is -0.505 e. The number of nitrogens with zero attached hydrogens (tertiary/aromatic N) is 1. The zero-order chi connectivity index (χ0) is 32.3. The fourth-order valence-electron chi connectivity index (χ4n) is 4.38. The van der Waals surface area contributed by atoms with Crippen molar-refractivity contribution in [3.05, 3.63) is 58.7 Å². The summed E-state index contributed by atoms with van der Waals surface area (Å²) in [6.07, 6.45) is -3.56. The van der Waals surface area contributed by atoms with Gasteiger partial charge >= 0.3 is 5.97 Å². The van der Waals surface area contributed by atoms with E-state index in [1.54, 1.807) is 0 Å². The molecular weight excluding hydrogens is 587 g/mol. The van der Waals surface area contributed by atoms with Gasteiger partial charge in [-0.15, -0.1) is 0 Å². The van der Waals surface area contributed by atoms with E-state index >= 15 is 0 Å². The van der Waals surface area contributed by atoms with Crippen molar-refractivity contribution in [1.29, 1.82) is 0 Å². The summed E-state index contributed by atoms with van der Waals surface area (Å²) in [6.45, 7) is 5.41. The van der Waals surface area contributed by atoms with Crippen molar-refractivity contribution in [2.75, 3.05) is 0 Å². The highest BCUT2D eigenvalue weighted by molar-refractivity contribution is 5.98. The molecule has 1 aromatic heterocycles. The standard InChI is InChI=1S/C27H29F5N4O7/c1-9(2)23-26(41)34-11(4)20(36-25(40)21-14(37)6-5-7-33-21)24(39)35-13(22(38)10(3)27(42)43-23)8-12-15(28)17(30)19(32)18(31)16(12)29/h5-7,9-11,13,20,22-23,37-38H,8H2,1-4H3,(H,34,41)(H,35,39)(H,36,40). The van der Waals surface area contributed by atoms with E-state index in [0.717, 1.165) is 13.0 Å². The second-order valence-electron chi connectivity index (χ2n) is 10.4. The highest BCUT2D eigenvalue weighted by atomic mass is 19.2. The number of hydrogen-bond donors (Lipinski definition) is 5. The Balaban J connectivity index is 2.10. The number of aliphatic hydroxyl groups is 1. The van der Waals surface area contributed by atoms with E-state index in [4.69, 9.17) is 4.74 Å². The minimum atomic E-state index is -2.43. The van der Waals surface area contributed by atoms with E-state index < -0.39 is 118 Å². The first-order valence-corrected chi connectivity index (χ1v) is 13.0. The zero-order valence-corrected chi connectivity index (χ0v) is 23.3. The molecule has 1 aromatic carbocycles. The number of aliphatic hydroxyl groups excluding tert-OH is 1. The molecule has 2 aromatic rings. The maximum atomic E-state index is 14.6. The summed E-state index contributed by atoms with van der Waals surface area (Å²) < 4.78 is 76.0. The van der Waals surface area contributed by atoms with Crippen LogP contribution in [0.1, 0.15) is 43.7 Å². The molecule has 0 aliphatic carbocycles. The summed E-state index contributed by atoms with van der Waals surface area (Å²) in [5.41, 5.74) is -1.91. The van der Waals surface area contributed by atoms with Crippen molar-refractivity contribution < 1.29 is 56.1 Å². The van der Waals surface area contributed by atoms with Crippen LogP contribution in [0.5, 0.6) is 5.75 Å². The number of cyclic esters (lactones) is 1. The molecule has 16 heteroatoms. The molecule has 11 nitrogen and oxygen atoms in total. The van der Waals surface area contributed by atoms with Crippen molar-refractivity contribution in [3.63, 3.8) is 0 Å². The first kappa shape index (κ1) is 33.2. The van der Waals surface area contributed by atoms with Gasteiger partial charge in [-0.05, 0) is 31.9 Å². The molecule has 1 aliphatic heterocycles. The maximum Gasteiger partial charge on any atom is 0.312 e. The van der Waals surface area contributed by atoms with Gasteiger partial charge in [0, 0.05) is 18.2 Å². The Hall–Kier alpha value is -4.34. The number of aromatic hydroxyl groups is 1. The predicted molar refractivity (Wildman–Crippen MR) is 137 cm³/mol. The SMILES string of the molecule is CC(C)C1OC(=O)C(C)C(O)C(Cc2c(F)c(F)c(F)c(F)c2F)NC(=O)C(NC(=O)c2ncccc2O)C(C)NC1=O. The average Bonchev–Trinajstić information content (AvgIpc) is 2.96. The van der Waals surface area contributed by atoms with E-state index in [9.17, 15) is 51.3 Å². The molecule has 6 unspecified atom stereocenters. The van der Waals surface area contributed by atoms with Gasteiger partial charge in [-0.3, -0.25) is 19.2 Å². The van der Waals surface area contributed by atoms with Gasteiger partial charge in [-0.25, -0.2) is 26.9 Å². The van der Waals surface area contributed by atoms with E-state index in [-0.39, 0.29) is 0 Å². The van der Waals surface area contributed by atoms with Gasteiger partial charge in [0.25, 0.3) is 11.8 Å². The molecule has 0 saturated carbocycles. The Kier molecular flexibility index (Phi) is 10.3. The van der Waals surface area contributed by atoms with Crippen LogP contribution in [0.25, 0.3) is 0 Å². The molecule has 5 N–H and O–H groups in total. The van der Waals surface area contributed by atoms with Gasteiger partial charge in [0.15, 0.2) is 35.1 Å². The first-order chi connectivity index (χ1) is 20.1. The molecule has 2 heterocycles. The second kappa shape index (κ2) is 13.3. The zero-order valence-electron chi connectivity index (χ0n) is 23.3. The van der Waals surface area contributed by atoms with Gasteiger partial charge in [-0.1, -0.05) is 13.8 Å². The number of esters is 1. The molecule has 1 fully saturated rings. The minimum absolute atomic E-state index is 0.513. The number of benzene rings is 1. The largest absolute Gasteiger partial charge is 0.505 e. The Labute approximate surface area is 241 Å². The van der Waals surface area contributed by atoms with Crippen LogP contribution in [0.3, 0.4) is 0 Å². The number of nitrogens with one attached hydrogen (secondary N) is 3. The molecule has 1 aliphatic rings. The van der Waals surface area contributed by atoms with Crippen molar-refractivity contribution in [2.24, 2.45) is 11.8 Å². The highest BCUT2D eigenvalue weighted by Crippen LogP contribution is 2.26. The van der Waals surface area contributed by atoms with E-state index in [0.29, 0.717) is 0 Å². The number of halogens is 5. The third kappa shape index (κ3) is 7.01. The summed E-state index contributed by atoms with van der Waals surface area (Å²) in [5.74, 6) is -18.6. The molecule has 3 rings (SSSR count). The summed E-state index contributed by atoms with van der Waals surface area (Å²) >= 11 is 0. The Bertz CT molecular complexity index is 1400. The third-order valence-corrected chi connectivity index (χ3v) is 6.90. The van der Waals surface area contributed by atoms with E-state index in [2.05, 4.69) is 20.9 Å². The van der Waals surface area contributed by atoms with E-state index in [1.165, 1.54) is 33.0 Å². The Morgan fingerprint density at radius 2 is 1.58 bits per heavy atom. The number of rotatable bonds is 5. The number of carbonyl (C=O) groups is 4. The lowest BCUT2D eigenvalue weighted by Gasteiger charge is -2.34. The molecule has 234 valence electrons. The number of aromatic nitrogens is 1. The normalized spacial score (nSPS) is 25.2. The van der Waals surface area contributed by atoms with E-state index in [1.807, 2.05) is 0 Å². The number of ether oxygens (including phenoxy) is 1.